The number of sulfonamides is 1. The standard InChI is InChI=1S/C14H19ClN2O4S/c1-21-10-11-22(19,20)17-8-6-16(7-9-17)14(18)12-4-2-3-5-13(12)15/h2-5H,6-11H2,1H3. The predicted molar refractivity (Wildman–Crippen MR) is 84.6 cm³/mol. The van der Waals surface area contributed by atoms with Crippen LogP contribution in [-0.2, 0) is 14.8 Å². The number of hydrogen-bond acceptors (Lipinski definition) is 4. The average molecular weight is 347 g/mol. The number of amides is 1. The SMILES string of the molecule is COCCS(=O)(=O)N1CCN(C(=O)c2ccccc2Cl)CC1. The molecule has 6 nitrogen and oxygen atoms in total. The number of benzene rings is 1. The van der Waals surface area contributed by atoms with E-state index < -0.39 is 10.0 Å². The highest BCUT2D eigenvalue weighted by Gasteiger charge is 2.29. The molecule has 0 aliphatic carbocycles. The first-order valence-corrected chi connectivity index (χ1v) is 8.95. The van der Waals surface area contributed by atoms with Gasteiger partial charge in [0, 0.05) is 33.3 Å². The van der Waals surface area contributed by atoms with Gasteiger partial charge in [0.05, 0.1) is 22.9 Å². The van der Waals surface area contributed by atoms with Gasteiger partial charge in [-0.05, 0) is 12.1 Å². The summed E-state index contributed by atoms with van der Waals surface area (Å²) in [5.74, 6) is -0.207. The Hall–Kier alpha value is -1.15. The Morgan fingerprint density at radius 1 is 1.23 bits per heavy atom. The summed E-state index contributed by atoms with van der Waals surface area (Å²) in [6.07, 6.45) is 0. The Labute approximate surface area is 135 Å². The lowest BCUT2D eigenvalue weighted by molar-refractivity contribution is 0.0697. The second kappa shape index (κ2) is 7.41. The molecule has 0 bridgehead atoms. The summed E-state index contributed by atoms with van der Waals surface area (Å²) in [6.45, 7) is 1.47. The van der Waals surface area contributed by atoms with Crippen molar-refractivity contribution in [2.75, 3.05) is 45.6 Å². The Morgan fingerprint density at radius 2 is 1.86 bits per heavy atom. The van der Waals surface area contributed by atoms with E-state index in [2.05, 4.69) is 0 Å². The van der Waals surface area contributed by atoms with Gasteiger partial charge < -0.3 is 9.64 Å². The number of methoxy groups -OCH3 is 1. The lowest BCUT2D eigenvalue weighted by Gasteiger charge is -2.34. The van der Waals surface area contributed by atoms with Crippen molar-refractivity contribution in [3.63, 3.8) is 0 Å². The Kier molecular flexibility index (Phi) is 5.80. The lowest BCUT2D eigenvalue weighted by atomic mass is 10.2. The quantitative estimate of drug-likeness (QED) is 0.800. The van der Waals surface area contributed by atoms with Gasteiger partial charge in [0.2, 0.25) is 10.0 Å². The zero-order chi connectivity index (χ0) is 16.2. The van der Waals surface area contributed by atoms with Gasteiger partial charge >= 0.3 is 0 Å². The molecule has 0 saturated carbocycles. The number of rotatable bonds is 5. The number of ether oxygens (including phenoxy) is 1. The van der Waals surface area contributed by atoms with E-state index in [4.69, 9.17) is 16.3 Å². The summed E-state index contributed by atoms with van der Waals surface area (Å²) in [7, 11) is -1.86. The summed E-state index contributed by atoms with van der Waals surface area (Å²) in [5.41, 5.74) is 0.444. The van der Waals surface area contributed by atoms with Crippen LogP contribution in [0.3, 0.4) is 0 Å². The monoisotopic (exact) mass is 346 g/mol. The topological polar surface area (TPSA) is 66.9 Å². The smallest absolute Gasteiger partial charge is 0.255 e. The minimum absolute atomic E-state index is 0.0397. The van der Waals surface area contributed by atoms with Gasteiger partial charge in [-0.3, -0.25) is 4.79 Å². The molecule has 0 N–H and O–H groups in total. The van der Waals surface area contributed by atoms with Crippen LogP contribution in [-0.4, -0.2) is 69.2 Å². The molecule has 1 aliphatic heterocycles. The van der Waals surface area contributed by atoms with Crippen molar-refractivity contribution < 1.29 is 17.9 Å². The summed E-state index contributed by atoms with van der Waals surface area (Å²) in [6, 6.07) is 6.86. The number of carbonyl (C=O) groups excluding carboxylic acids is 1. The predicted octanol–water partition coefficient (Wildman–Crippen LogP) is 1.07. The van der Waals surface area contributed by atoms with Gasteiger partial charge in [-0.25, -0.2) is 8.42 Å². The summed E-state index contributed by atoms with van der Waals surface area (Å²) < 4.78 is 30.4. The molecule has 1 saturated heterocycles. The van der Waals surface area contributed by atoms with E-state index in [-0.39, 0.29) is 18.3 Å². The largest absolute Gasteiger partial charge is 0.384 e. The van der Waals surface area contributed by atoms with Crippen molar-refractivity contribution in [1.82, 2.24) is 9.21 Å². The molecule has 2 rings (SSSR count). The molecule has 1 aromatic rings. The third-order valence-corrected chi connectivity index (χ3v) is 5.73. The number of carbonyl (C=O) groups is 1. The maximum atomic E-state index is 12.4. The van der Waals surface area contributed by atoms with E-state index in [0.29, 0.717) is 36.8 Å². The fourth-order valence-corrected chi connectivity index (χ4v) is 3.86. The van der Waals surface area contributed by atoms with Crippen molar-refractivity contribution in [2.45, 2.75) is 0 Å². The van der Waals surface area contributed by atoms with Gasteiger partial charge in [-0.15, -0.1) is 0 Å². The first-order valence-electron chi connectivity index (χ1n) is 6.96. The van der Waals surface area contributed by atoms with Gasteiger partial charge in [0.15, 0.2) is 0 Å². The highest BCUT2D eigenvalue weighted by molar-refractivity contribution is 7.89. The molecule has 22 heavy (non-hydrogen) atoms. The fourth-order valence-electron chi connectivity index (χ4n) is 2.29. The van der Waals surface area contributed by atoms with Crippen molar-refractivity contribution in [3.05, 3.63) is 34.9 Å². The minimum Gasteiger partial charge on any atom is -0.384 e. The van der Waals surface area contributed by atoms with E-state index in [9.17, 15) is 13.2 Å². The normalized spacial score (nSPS) is 16.7. The molecule has 0 unspecified atom stereocenters. The second-order valence-corrected chi connectivity index (χ2v) is 7.48. The van der Waals surface area contributed by atoms with Crippen molar-refractivity contribution in [1.29, 1.82) is 0 Å². The Bertz CT molecular complexity index is 627. The van der Waals surface area contributed by atoms with Crippen molar-refractivity contribution in [3.8, 4) is 0 Å². The van der Waals surface area contributed by atoms with Crippen LogP contribution in [0.5, 0.6) is 0 Å². The van der Waals surface area contributed by atoms with Crippen LogP contribution in [0.15, 0.2) is 24.3 Å². The summed E-state index contributed by atoms with van der Waals surface area (Å²) >= 11 is 6.03. The van der Waals surface area contributed by atoms with Gasteiger partial charge in [0.1, 0.15) is 0 Å². The molecule has 8 heteroatoms. The van der Waals surface area contributed by atoms with Crippen LogP contribution in [0, 0.1) is 0 Å². The zero-order valence-electron chi connectivity index (χ0n) is 12.4. The van der Waals surface area contributed by atoms with Crippen LogP contribution in [0.4, 0.5) is 0 Å². The molecule has 0 aromatic heterocycles. The van der Waals surface area contributed by atoms with Gasteiger partial charge in [-0.2, -0.15) is 4.31 Å². The molecule has 1 heterocycles. The maximum Gasteiger partial charge on any atom is 0.255 e. The molecule has 0 radical (unpaired) electrons. The van der Waals surface area contributed by atoms with E-state index in [1.807, 2.05) is 0 Å². The zero-order valence-corrected chi connectivity index (χ0v) is 13.9. The molecule has 1 amide bonds. The molecule has 122 valence electrons. The lowest BCUT2D eigenvalue weighted by Crippen LogP contribution is -2.51. The molecular formula is C14H19ClN2O4S. The molecular weight excluding hydrogens is 328 g/mol. The number of piperazine rings is 1. The van der Waals surface area contributed by atoms with Crippen LogP contribution < -0.4 is 0 Å². The van der Waals surface area contributed by atoms with Crippen LogP contribution >= 0.6 is 11.6 Å². The van der Waals surface area contributed by atoms with Crippen LogP contribution in [0.1, 0.15) is 10.4 Å². The summed E-state index contributed by atoms with van der Waals surface area (Å²) in [4.78, 5) is 14.0. The first-order chi connectivity index (χ1) is 10.5. The highest BCUT2D eigenvalue weighted by Crippen LogP contribution is 2.18. The second-order valence-electron chi connectivity index (χ2n) is 4.98. The maximum absolute atomic E-state index is 12.4. The summed E-state index contributed by atoms with van der Waals surface area (Å²) in [5, 5.41) is 0.405. The molecule has 0 spiro atoms. The van der Waals surface area contributed by atoms with Crippen molar-refractivity contribution >= 4 is 27.5 Å². The van der Waals surface area contributed by atoms with Gasteiger partial charge in [0.25, 0.3) is 5.91 Å². The Balaban J connectivity index is 1.98. The molecule has 0 atom stereocenters. The van der Waals surface area contributed by atoms with E-state index in [0.717, 1.165) is 0 Å². The number of hydrogen-bond donors (Lipinski definition) is 0. The Morgan fingerprint density at radius 3 is 2.45 bits per heavy atom. The van der Waals surface area contributed by atoms with Crippen molar-refractivity contribution in [2.24, 2.45) is 0 Å². The van der Waals surface area contributed by atoms with E-state index >= 15 is 0 Å². The number of halogens is 1. The molecule has 1 fully saturated rings. The van der Waals surface area contributed by atoms with Crippen LogP contribution in [0.2, 0.25) is 5.02 Å². The third kappa shape index (κ3) is 3.98. The van der Waals surface area contributed by atoms with E-state index in [1.165, 1.54) is 11.4 Å². The molecule has 1 aliphatic rings. The molecule has 1 aromatic carbocycles. The number of nitrogens with zero attached hydrogens (tertiary/aromatic N) is 2. The van der Waals surface area contributed by atoms with E-state index in [1.54, 1.807) is 29.2 Å². The first kappa shape index (κ1) is 17.2. The van der Waals surface area contributed by atoms with Gasteiger partial charge in [-0.1, -0.05) is 23.7 Å². The minimum atomic E-state index is -3.32. The van der Waals surface area contributed by atoms with Crippen LogP contribution in [0.25, 0.3) is 0 Å². The average Bonchev–Trinajstić information content (AvgIpc) is 2.53. The highest BCUT2D eigenvalue weighted by atomic mass is 35.5. The third-order valence-electron chi connectivity index (χ3n) is 3.57. The fraction of sp³-hybridized carbons (Fsp3) is 0.500.